The van der Waals surface area contributed by atoms with Crippen LogP contribution < -0.4 is 10.1 Å². The van der Waals surface area contributed by atoms with E-state index in [0.717, 1.165) is 24.6 Å². The van der Waals surface area contributed by atoms with Gasteiger partial charge in [-0.3, -0.25) is 0 Å². The Balaban J connectivity index is 1.88. The van der Waals surface area contributed by atoms with E-state index >= 15 is 0 Å². The molecule has 0 radical (unpaired) electrons. The van der Waals surface area contributed by atoms with Crippen molar-refractivity contribution in [3.63, 3.8) is 0 Å². The second-order valence-corrected chi connectivity index (χ2v) is 5.99. The van der Waals surface area contributed by atoms with Crippen molar-refractivity contribution >= 4 is 0 Å². The molecule has 0 bridgehead atoms. The fourth-order valence-electron chi connectivity index (χ4n) is 3.24. The third kappa shape index (κ3) is 4.45. The Labute approximate surface area is 129 Å². The second kappa shape index (κ2) is 8.40. The number of benzene rings is 1. The van der Waals surface area contributed by atoms with E-state index in [9.17, 15) is 0 Å². The number of methoxy groups -OCH3 is 1. The summed E-state index contributed by atoms with van der Waals surface area (Å²) in [6.07, 6.45) is 3.74. The zero-order valence-electron chi connectivity index (χ0n) is 13.8. The number of nitrogens with one attached hydrogen (secondary N) is 1. The third-order valence-corrected chi connectivity index (χ3v) is 4.73. The summed E-state index contributed by atoms with van der Waals surface area (Å²) in [4.78, 5) is 2.55. The molecule has 1 atom stereocenters. The summed E-state index contributed by atoms with van der Waals surface area (Å²) >= 11 is 0. The monoisotopic (exact) mass is 290 g/mol. The average Bonchev–Trinajstić information content (AvgIpc) is 2.56. The predicted octanol–water partition coefficient (Wildman–Crippen LogP) is 3.47. The summed E-state index contributed by atoms with van der Waals surface area (Å²) in [6.45, 7) is 9.33. The molecule has 1 heterocycles. The summed E-state index contributed by atoms with van der Waals surface area (Å²) in [5.74, 6) is 1.81. The number of para-hydroxylation sites is 1. The maximum absolute atomic E-state index is 5.50. The topological polar surface area (TPSA) is 24.5 Å². The van der Waals surface area contributed by atoms with Gasteiger partial charge in [0.05, 0.1) is 7.11 Å². The van der Waals surface area contributed by atoms with E-state index in [1.54, 1.807) is 7.11 Å². The average molecular weight is 290 g/mol. The molecule has 3 nitrogen and oxygen atoms in total. The minimum absolute atomic E-state index is 0.394. The summed E-state index contributed by atoms with van der Waals surface area (Å²) < 4.78 is 5.50. The molecule has 1 saturated heterocycles. The number of likely N-dealkylation sites (tertiary alicyclic amines) is 1. The minimum Gasteiger partial charge on any atom is -0.496 e. The molecule has 0 saturated carbocycles. The highest BCUT2D eigenvalue weighted by Crippen LogP contribution is 2.27. The Hall–Kier alpha value is -1.06. The van der Waals surface area contributed by atoms with Crippen LogP contribution in [0.4, 0.5) is 0 Å². The number of hydrogen-bond donors (Lipinski definition) is 1. The van der Waals surface area contributed by atoms with Crippen molar-refractivity contribution in [2.75, 3.05) is 33.3 Å². The van der Waals surface area contributed by atoms with Crippen LogP contribution in [0.5, 0.6) is 5.75 Å². The standard InChI is InChI=1S/C18H30N2O/c1-4-17(16-8-6-7-9-18(16)21-3)19-14-15-10-12-20(5-2)13-11-15/h6-9,15,17,19H,4-5,10-14H2,1-3H3. The largest absolute Gasteiger partial charge is 0.496 e. The van der Waals surface area contributed by atoms with Crippen molar-refractivity contribution in [2.45, 2.75) is 39.2 Å². The van der Waals surface area contributed by atoms with Gasteiger partial charge in [0.15, 0.2) is 0 Å². The van der Waals surface area contributed by atoms with Gasteiger partial charge in [0, 0.05) is 11.6 Å². The van der Waals surface area contributed by atoms with E-state index in [4.69, 9.17) is 4.74 Å². The molecule has 2 rings (SSSR count). The van der Waals surface area contributed by atoms with Gasteiger partial charge in [0.1, 0.15) is 5.75 Å². The Bertz CT molecular complexity index is 413. The van der Waals surface area contributed by atoms with E-state index in [-0.39, 0.29) is 0 Å². The normalized spacial score (nSPS) is 18.6. The number of rotatable bonds is 7. The molecule has 1 aromatic carbocycles. The fraction of sp³-hybridized carbons (Fsp3) is 0.667. The first-order valence-corrected chi connectivity index (χ1v) is 8.37. The lowest BCUT2D eigenvalue weighted by molar-refractivity contribution is 0.187. The van der Waals surface area contributed by atoms with Crippen LogP contribution in [0.15, 0.2) is 24.3 Å². The zero-order valence-corrected chi connectivity index (χ0v) is 13.8. The Kier molecular flexibility index (Phi) is 6.52. The number of piperidine rings is 1. The molecule has 1 N–H and O–H groups in total. The van der Waals surface area contributed by atoms with Gasteiger partial charge in [-0.25, -0.2) is 0 Å². The molecule has 21 heavy (non-hydrogen) atoms. The van der Waals surface area contributed by atoms with Crippen LogP contribution in [0.25, 0.3) is 0 Å². The van der Waals surface area contributed by atoms with Gasteiger partial charge in [0.25, 0.3) is 0 Å². The highest BCUT2D eigenvalue weighted by molar-refractivity contribution is 5.35. The first-order valence-electron chi connectivity index (χ1n) is 8.37. The Morgan fingerprint density at radius 1 is 1.24 bits per heavy atom. The van der Waals surface area contributed by atoms with Crippen LogP contribution in [-0.4, -0.2) is 38.2 Å². The van der Waals surface area contributed by atoms with Gasteiger partial charge < -0.3 is 15.0 Å². The summed E-state index contributed by atoms with van der Waals surface area (Å²) in [5.41, 5.74) is 1.29. The van der Waals surface area contributed by atoms with Crippen LogP contribution in [0, 0.1) is 5.92 Å². The highest BCUT2D eigenvalue weighted by atomic mass is 16.5. The Morgan fingerprint density at radius 2 is 1.95 bits per heavy atom. The van der Waals surface area contributed by atoms with Gasteiger partial charge in [-0.05, 0) is 57.4 Å². The van der Waals surface area contributed by atoms with Gasteiger partial charge >= 0.3 is 0 Å². The predicted molar refractivity (Wildman–Crippen MR) is 88.9 cm³/mol. The lowest BCUT2D eigenvalue weighted by atomic mass is 9.95. The number of ether oxygens (including phenoxy) is 1. The van der Waals surface area contributed by atoms with Crippen molar-refractivity contribution in [1.29, 1.82) is 0 Å². The quantitative estimate of drug-likeness (QED) is 0.832. The molecule has 0 amide bonds. The molecule has 1 aliphatic heterocycles. The molecule has 3 heteroatoms. The van der Waals surface area contributed by atoms with E-state index in [2.05, 4.69) is 42.3 Å². The van der Waals surface area contributed by atoms with Gasteiger partial charge in [0.2, 0.25) is 0 Å². The van der Waals surface area contributed by atoms with Crippen molar-refractivity contribution in [3.05, 3.63) is 29.8 Å². The first kappa shape index (κ1) is 16.3. The second-order valence-electron chi connectivity index (χ2n) is 5.99. The van der Waals surface area contributed by atoms with Crippen LogP contribution in [0.1, 0.15) is 44.7 Å². The van der Waals surface area contributed by atoms with E-state index in [0.29, 0.717) is 6.04 Å². The van der Waals surface area contributed by atoms with Gasteiger partial charge in [-0.15, -0.1) is 0 Å². The van der Waals surface area contributed by atoms with E-state index in [1.807, 2.05) is 6.07 Å². The molecule has 1 unspecified atom stereocenters. The maximum atomic E-state index is 5.50. The van der Waals surface area contributed by atoms with Crippen LogP contribution in [-0.2, 0) is 0 Å². The first-order chi connectivity index (χ1) is 10.3. The molecule has 0 aromatic heterocycles. The molecule has 118 valence electrons. The Morgan fingerprint density at radius 3 is 2.57 bits per heavy atom. The zero-order chi connectivity index (χ0) is 15.1. The minimum atomic E-state index is 0.394. The molecule has 1 aliphatic rings. The van der Waals surface area contributed by atoms with Crippen LogP contribution in [0.2, 0.25) is 0 Å². The SMILES string of the molecule is CCC(NCC1CCN(CC)CC1)c1ccccc1OC. The van der Waals surface area contributed by atoms with Gasteiger partial charge in [-0.2, -0.15) is 0 Å². The summed E-state index contributed by atoms with van der Waals surface area (Å²) in [7, 11) is 1.76. The van der Waals surface area contributed by atoms with E-state index in [1.165, 1.54) is 38.0 Å². The molecule has 1 aromatic rings. The van der Waals surface area contributed by atoms with Crippen LogP contribution >= 0.6 is 0 Å². The molecule has 0 aliphatic carbocycles. The molecular formula is C18H30N2O. The number of nitrogens with zero attached hydrogens (tertiary/aromatic N) is 1. The lowest BCUT2D eigenvalue weighted by Crippen LogP contribution is -2.37. The maximum Gasteiger partial charge on any atom is 0.123 e. The highest BCUT2D eigenvalue weighted by Gasteiger charge is 2.20. The fourth-order valence-corrected chi connectivity index (χ4v) is 3.24. The smallest absolute Gasteiger partial charge is 0.123 e. The number of hydrogen-bond acceptors (Lipinski definition) is 3. The van der Waals surface area contributed by atoms with Crippen LogP contribution in [0.3, 0.4) is 0 Å². The molecule has 1 fully saturated rings. The van der Waals surface area contributed by atoms with Gasteiger partial charge in [-0.1, -0.05) is 32.0 Å². The van der Waals surface area contributed by atoms with Crippen molar-refractivity contribution in [1.82, 2.24) is 10.2 Å². The molecule has 0 spiro atoms. The lowest BCUT2D eigenvalue weighted by Gasteiger charge is -2.32. The van der Waals surface area contributed by atoms with E-state index < -0.39 is 0 Å². The van der Waals surface area contributed by atoms with Crippen molar-refractivity contribution < 1.29 is 4.74 Å². The van der Waals surface area contributed by atoms with Crippen molar-refractivity contribution in [3.8, 4) is 5.75 Å². The third-order valence-electron chi connectivity index (χ3n) is 4.73. The van der Waals surface area contributed by atoms with Crippen molar-refractivity contribution in [2.24, 2.45) is 5.92 Å². The summed E-state index contributed by atoms with van der Waals surface area (Å²) in [6, 6.07) is 8.77. The molecular weight excluding hydrogens is 260 g/mol. The summed E-state index contributed by atoms with van der Waals surface area (Å²) in [5, 5.41) is 3.76.